The number of rotatable bonds is 6. The van der Waals surface area contributed by atoms with Gasteiger partial charge in [-0.15, -0.1) is 0 Å². The van der Waals surface area contributed by atoms with E-state index in [4.69, 9.17) is 10.5 Å². The Morgan fingerprint density at radius 1 is 1.29 bits per heavy atom. The number of nitrogens with zero attached hydrogens (tertiary/aromatic N) is 2. The first kappa shape index (κ1) is 15.6. The average Bonchev–Trinajstić information content (AvgIpc) is 2.40. The van der Waals surface area contributed by atoms with Crippen LogP contribution in [-0.4, -0.2) is 55.5 Å². The van der Waals surface area contributed by atoms with Gasteiger partial charge in [-0.05, 0) is 45.5 Å². The lowest BCUT2D eigenvalue weighted by atomic mass is 9.75. The molecule has 116 valence electrons. The molecule has 1 aliphatic rings. The predicted molar refractivity (Wildman–Crippen MR) is 84.3 cm³/mol. The van der Waals surface area contributed by atoms with Gasteiger partial charge in [-0.3, -0.25) is 4.79 Å². The number of nitrogen functional groups attached to an aromatic ring is 1. The van der Waals surface area contributed by atoms with Gasteiger partial charge in [0.05, 0.1) is 5.69 Å². The summed E-state index contributed by atoms with van der Waals surface area (Å²) >= 11 is 0. The van der Waals surface area contributed by atoms with Gasteiger partial charge in [-0.25, -0.2) is 0 Å². The maximum atomic E-state index is 12.2. The van der Waals surface area contributed by atoms with Crippen LogP contribution in [0.5, 0.6) is 5.75 Å². The van der Waals surface area contributed by atoms with Crippen molar-refractivity contribution in [3.63, 3.8) is 0 Å². The monoisotopic (exact) mass is 291 g/mol. The molecule has 1 fully saturated rings. The minimum absolute atomic E-state index is 0.0219. The normalized spacial score (nSPS) is 16.4. The Kier molecular flexibility index (Phi) is 4.73. The summed E-state index contributed by atoms with van der Waals surface area (Å²) in [4.78, 5) is 16.2. The van der Waals surface area contributed by atoms with Gasteiger partial charge in [-0.1, -0.05) is 12.1 Å². The number of amides is 1. The first-order valence-corrected chi connectivity index (χ1v) is 7.33. The van der Waals surface area contributed by atoms with Crippen LogP contribution in [0.15, 0.2) is 24.3 Å². The molecular weight excluding hydrogens is 266 g/mol. The highest BCUT2D eigenvalue weighted by molar-refractivity contribution is 5.77. The maximum Gasteiger partial charge on any atom is 0.260 e. The van der Waals surface area contributed by atoms with Gasteiger partial charge in [0.1, 0.15) is 5.75 Å². The quantitative estimate of drug-likeness (QED) is 0.809. The molecular formula is C16H25N3O2. The Morgan fingerprint density at radius 2 is 1.95 bits per heavy atom. The Hall–Kier alpha value is -1.75. The molecule has 1 aromatic carbocycles. The molecule has 0 unspecified atom stereocenters. The van der Waals surface area contributed by atoms with Gasteiger partial charge in [0.25, 0.3) is 5.91 Å². The van der Waals surface area contributed by atoms with Crippen LogP contribution in [-0.2, 0) is 4.79 Å². The number of para-hydroxylation sites is 2. The van der Waals surface area contributed by atoms with Crippen LogP contribution in [0.25, 0.3) is 0 Å². The summed E-state index contributed by atoms with van der Waals surface area (Å²) in [6.45, 7) is 0.765. The van der Waals surface area contributed by atoms with E-state index in [0.717, 1.165) is 19.4 Å². The van der Waals surface area contributed by atoms with E-state index in [1.165, 1.54) is 6.42 Å². The second-order valence-electron chi connectivity index (χ2n) is 6.05. The Labute approximate surface area is 126 Å². The molecule has 0 saturated heterocycles. The van der Waals surface area contributed by atoms with E-state index < -0.39 is 0 Å². The molecule has 1 amide bonds. The molecule has 0 spiro atoms. The molecule has 0 atom stereocenters. The van der Waals surface area contributed by atoms with E-state index in [0.29, 0.717) is 11.4 Å². The van der Waals surface area contributed by atoms with E-state index in [-0.39, 0.29) is 18.1 Å². The second kappa shape index (κ2) is 6.35. The van der Waals surface area contributed by atoms with Gasteiger partial charge in [0, 0.05) is 19.1 Å². The van der Waals surface area contributed by atoms with E-state index in [9.17, 15) is 4.79 Å². The molecule has 0 aliphatic heterocycles. The molecule has 0 radical (unpaired) electrons. The second-order valence-corrected chi connectivity index (χ2v) is 6.05. The standard InChI is InChI=1S/C16H25N3O2/c1-18(2)16(9-6-10-16)12-19(3)15(20)11-21-14-8-5-4-7-13(14)17/h4-5,7-8H,6,9-12,17H2,1-3H3. The Balaban J connectivity index is 1.87. The molecule has 1 aromatic rings. The summed E-state index contributed by atoms with van der Waals surface area (Å²) in [5.41, 5.74) is 6.49. The lowest BCUT2D eigenvalue weighted by molar-refractivity contribution is -0.134. The largest absolute Gasteiger partial charge is 0.482 e. The highest BCUT2D eigenvalue weighted by Gasteiger charge is 2.40. The van der Waals surface area contributed by atoms with Gasteiger partial charge >= 0.3 is 0 Å². The van der Waals surface area contributed by atoms with Gasteiger partial charge in [0.2, 0.25) is 0 Å². The van der Waals surface area contributed by atoms with Crippen molar-refractivity contribution in [2.24, 2.45) is 0 Å². The van der Waals surface area contributed by atoms with Crippen LogP contribution in [0, 0.1) is 0 Å². The summed E-state index contributed by atoms with van der Waals surface area (Å²) < 4.78 is 5.52. The van der Waals surface area contributed by atoms with Crippen molar-refractivity contribution in [3.05, 3.63) is 24.3 Å². The number of benzene rings is 1. The number of carbonyl (C=O) groups is 1. The third-order valence-corrected chi connectivity index (χ3v) is 4.46. The summed E-state index contributed by atoms with van der Waals surface area (Å²) in [6.07, 6.45) is 3.52. The molecule has 2 N–H and O–H groups in total. The van der Waals surface area contributed by atoms with Crippen molar-refractivity contribution in [1.82, 2.24) is 9.80 Å². The van der Waals surface area contributed by atoms with Crippen molar-refractivity contribution in [3.8, 4) is 5.75 Å². The highest BCUT2D eigenvalue weighted by atomic mass is 16.5. The molecule has 5 nitrogen and oxygen atoms in total. The topological polar surface area (TPSA) is 58.8 Å². The third-order valence-electron chi connectivity index (χ3n) is 4.46. The van der Waals surface area contributed by atoms with Crippen molar-refractivity contribution >= 4 is 11.6 Å². The smallest absolute Gasteiger partial charge is 0.260 e. The van der Waals surface area contributed by atoms with Gasteiger partial charge in [0.15, 0.2) is 6.61 Å². The minimum atomic E-state index is -0.0219. The summed E-state index contributed by atoms with van der Waals surface area (Å²) in [7, 11) is 6.00. The lowest BCUT2D eigenvalue weighted by Crippen LogP contribution is -2.57. The number of hydrogen-bond donors (Lipinski definition) is 1. The van der Waals surface area contributed by atoms with Crippen LogP contribution in [0.3, 0.4) is 0 Å². The highest BCUT2D eigenvalue weighted by Crippen LogP contribution is 2.36. The van der Waals surface area contributed by atoms with Crippen molar-refractivity contribution in [2.45, 2.75) is 24.8 Å². The summed E-state index contributed by atoms with van der Waals surface area (Å²) in [6, 6.07) is 7.22. The first-order valence-electron chi connectivity index (χ1n) is 7.33. The Bertz CT molecular complexity index is 498. The summed E-state index contributed by atoms with van der Waals surface area (Å²) in [5.74, 6) is 0.539. The molecule has 0 aromatic heterocycles. The fourth-order valence-electron chi connectivity index (χ4n) is 2.72. The molecule has 5 heteroatoms. The van der Waals surface area contributed by atoms with E-state index in [1.807, 2.05) is 19.2 Å². The zero-order valence-electron chi connectivity index (χ0n) is 13.1. The summed E-state index contributed by atoms with van der Waals surface area (Å²) in [5, 5.41) is 0. The van der Waals surface area contributed by atoms with Crippen LogP contribution >= 0.6 is 0 Å². The number of ether oxygens (including phenoxy) is 1. The van der Waals surface area contributed by atoms with E-state index >= 15 is 0 Å². The third kappa shape index (κ3) is 3.47. The van der Waals surface area contributed by atoms with E-state index in [2.05, 4.69) is 19.0 Å². The predicted octanol–water partition coefficient (Wildman–Crippen LogP) is 1.59. The molecule has 21 heavy (non-hydrogen) atoms. The fourth-order valence-corrected chi connectivity index (χ4v) is 2.72. The van der Waals surface area contributed by atoms with Gasteiger partial charge < -0.3 is 20.3 Å². The van der Waals surface area contributed by atoms with Crippen LogP contribution < -0.4 is 10.5 Å². The number of nitrogens with two attached hydrogens (primary N) is 1. The zero-order valence-corrected chi connectivity index (χ0v) is 13.1. The van der Waals surface area contributed by atoms with Crippen LogP contribution in [0.4, 0.5) is 5.69 Å². The number of anilines is 1. The maximum absolute atomic E-state index is 12.2. The van der Waals surface area contributed by atoms with Crippen LogP contribution in [0.1, 0.15) is 19.3 Å². The van der Waals surface area contributed by atoms with Crippen LogP contribution in [0.2, 0.25) is 0 Å². The molecule has 2 rings (SSSR count). The number of hydrogen-bond acceptors (Lipinski definition) is 4. The minimum Gasteiger partial charge on any atom is -0.482 e. The lowest BCUT2D eigenvalue weighted by Gasteiger charge is -2.49. The molecule has 0 bridgehead atoms. The van der Waals surface area contributed by atoms with Crippen molar-refractivity contribution in [2.75, 3.05) is 40.0 Å². The van der Waals surface area contributed by atoms with Crippen molar-refractivity contribution < 1.29 is 9.53 Å². The van der Waals surface area contributed by atoms with E-state index in [1.54, 1.807) is 17.0 Å². The Morgan fingerprint density at radius 3 is 2.48 bits per heavy atom. The number of likely N-dealkylation sites (N-methyl/N-ethyl adjacent to an activating group) is 2. The van der Waals surface area contributed by atoms with Gasteiger partial charge in [-0.2, -0.15) is 0 Å². The average molecular weight is 291 g/mol. The molecule has 0 heterocycles. The first-order chi connectivity index (χ1) is 9.94. The molecule has 1 saturated carbocycles. The zero-order chi connectivity index (χ0) is 15.5. The SMILES string of the molecule is CN(CC1(N(C)C)CCC1)C(=O)COc1ccccc1N. The number of carbonyl (C=O) groups excluding carboxylic acids is 1. The fraction of sp³-hybridized carbons (Fsp3) is 0.562. The molecule has 1 aliphatic carbocycles. The van der Waals surface area contributed by atoms with Crippen molar-refractivity contribution in [1.29, 1.82) is 0 Å².